The second-order valence-electron chi connectivity index (χ2n) is 5.06. The zero-order valence-electron chi connectivity index (χ0n) is 11.6. The normalized spacial score (nSPS) is 19.6. The van der Waals surface area contributed by atoms with Gasteiger partial charge in [0, 0.05) is 18.8 Å². The van der Waals surface area contributed by atoms with Crippen molar-refractivity contribution in [3.8, 4) is 6.07 Å². The van der Waals surface area contributed by atoms with E-state index < -0.39 is 24.7 Å². The van der Waals surface area contributed by atoms with Gasteiger partial charge in [-0.3, -0.25) is 9.63 Å². The lowest BCUT2D eigenvalue weighted by molar-refractivity contribution is -0.182. The summed E-state index contributed by atoms with van der Waals surface area (Å²) in [5.74, 6) is -1.22. The summed E-state index contributed by atoms with van der Waals surface area (Å²) < 4.78 is 24.8. The highest BCUT2D eigenvalue weighted by atomic mass is 19.3. The fourth-order valence-electron chi connectivity index (χ4n) is 2.35. The Morgan fingerprint density at radius 1 is 1.48 bits per heavy atom. The summed E-state index contributed by atoms with van der Waals surface area (Å²) in [6, 6.07) is 8.59. The molecular weight excluding hydrogens is 278 g/mol. The van der Waals surface area contributed by atoms with Crippen molar-refractivity contribution >= 4 is 5.91 Å². The molecule has 112 valence electrons. The minimum Gasteiger partial charge on any atom is -0.272 e. The molecule has 2 atom stereocenters. The Morgan fingerprint density at radius 3 is 2.71 bits per heavy atom. The number of hydroxylamine groups is 2. The number of nitrogens with zero attached hydrogens (tertiary/aromatic N) is 2. The number of nitriles is 1. The molecule has 1 amide bonds. The average Bonchev–Trinajstić information content (AvgIpc) is 2.95. The Kier molecular flexibility index (Phi) is 4.86. The third kappa shape index (κ3) is 3.56. The van der Waals surface area contributed by atoms with E-state index in [-0.39, 0.29) is 6.04 Å². The predicted molar refractivity (Wildman–Crippen MR) is 71.1 cm³/mol. The van der Waals surface area contributed by atoms with Gasteiger partial charge in [0.15, 0.2) is 0 Å². The van der Waals surface area contributed by atoms with Crippen LogP contribution in [0.3, 0.4) is 0 Å². The van der Waals surface area contributed by atoms with Gasteiger partial charge in [-0.1, -0.05) is 19.1 Å². The smallest absolute Gasteiger partial charge is 0.249 e. The van der Waals surface area contributed by atoms with E-state index in [9.17, 15) is 13.6 Å². The molecule has 0 spiro atoms. The summed E-state index contributed by atoms with van der Waals surface area (Å²) in [6.45, 7) is 1.85. The third-order valence-electron chi connectivity index (χ3n) is 3.50. The van der Waals surface area contributed by atoms with E-state index in [2.05, 4.69) is 0 Å². The molecule has 4 nitrogen and oxygen atoms in total. The molecule has 0 aliphatic carbocycles. The van der Waals surface area contributed by atoms with Gasteiger partial charge in [0.25, 0.3) is 0 Å². The van der Waals surface area contributed by atoms with Crippen LogP contribution in [0.15, 0.2) is 24.3 Å². The summed E-state index contributed by atoms with van der Waals surface area (Å²) in [7, 11) is 0. The molecule has 1 saturated heterocycles. The molecule has 1 aliphatic rings. The second-order valence-corrected chi connectivity index (χ2v) is 5.06. The highest BCUT2D eigenvalue weighted by Crippen LogP contribution is 2.32. The van der Waals surface area contributed by atoms with Gasteiger partial charge in [-0.2, -0.15) is 5.26 Å². The average molecular weight is 294 g/mol. The Morgan fingerprint density at radius 2 is 2.14 bits per heavy atom. The Balaban J connectivity index is 2.12. The Labute approximate surface area is 121 Å². The first-order valence-corrected chi connectivity index (χ1v) is 6.77. The largest absolute Gasteiger partial charge is 0.272 e. The standard InChI is InChI=1S/C15H16F2N2O2/c1-10(8-14(16)17)15(20)19-13(6-7-21-19)12-4-2-11(9-18)3-5-12/h2-5,10,13-14H,6-8H2,1H3/t10?,13-/m0/s1. The molecule has 1 unspecified atom stereocenters. The SMILES string of the molecule is CC(CC(F)F)C(=O)N1OCC[C@H]1c1ccc(C#N)cc1. The summed E-state index contributed by atoms with van der Waals surface area (Å²) in [5.41, 5.74) is 1.37. The van der Waals surface area contributed by atoms with Gasteiger partial charge in [0.05, 0.1) is 24.3 Å². The van der Waals surface area contributed by atoms with E-state index in [1.165, 1.54) is 12.0 Å². The number of benzene rings is 1. The fourth-order valence-corrected chi connectivity index (χ4v) is 2.35. The first kappa shape index (κ1) is 15.4. The van der Waals surface area contributed by atoms with Crippen molar-refractivity contribution in [3.63, 3.8) is 0 Å². The van der Waals surface area contributed by atoms with Crippen LogP contribution in [0.4, 0.5) is 8.78 Å². The first-order valence-electron chi connectivity index (χ1n) is 6.77. The maximum atomic E-state index is 12.4. The number of hydrogen-bond donors (Lipinski definition) is 0. The molecule has 0 N–H and O–H groups in total. The van der Waals surface area contributed by atoms with E-state index in [0.717, 1.165) is 5.56 Å². The molecule has 1 aliphatic heterocycles. The highest BCUT2D eigenvalue weighted by molar-refractivity contribution is 5.78. The molecule has 1 heterocycles. The van der Waals surface area contributed by atoms with E-state index in [0.29, 0.717) is 18.6 Å². The fraction of sp³-hybridized carbons (Fsp3) is 0.467. The van der Waals surface area contributed by atoms with Gasteiger partial charge < -0.3 is 0 Å². The highest BCUT2D eigenvalue weighted by Gasteiger charge is 2.34. The lowest BCUT2D eigenvalue weighted by Crippen LogP contribution is -2.34. The number of amides is 1. The molecule has 0 radical (unpaired) electrons. The maximum absolute atomic E-state index is 12.4. The van der Waals surface area contributed by atoms with Crippen LogP contribution in [0, 0.1) is 17.2 Å². The molecule has 1 aromatic carbocycles. The third-order valence-corrected chi connectivity index (χ3v) is 3.50. The molecule has 1 aromatic rings. The topological polar surface area (TPSA) is 53.3 Å². The van der Waals surface area contributed by atoms with Crippen LogP contribution in [-0.4, -0.2) is 24.0 Å². The van der Waals surface area contributed by atoms with Crippen molar-refractivity contribution in [1.29, 1.82) is 5.26 Å². The van der Waals surface area contributed by atoms with Crippen LogP contribution in [0.1, 0.15) is 36.9 Å². The van der Waals surface area contributed by atoms with Crippen LogP contribution >= 0.6 is 0 Å². The molecule has 21 heavy (non-hydrogen) atoms. The number of halogens is 2. The monoisotopic (exact) mass is 294 g/mol. The van der Waals surface area contributed by atoms with Crippen molar-refractivity contribution in [2.45, 2.75) is 32.2 Å². The van der Waals surface area contributed by atoms with Crippen LogP contribution in [0.5, 0.6) is 0 Å². The second kappa shape index (κ2) is 6.64. The Hall–Kier alpha value is -2.00. The molecule has 0 bridgehead atoms. The van der Waals surface area contributed by atoms with Crippen molar-refractivity contribution in [2.24, 2.45) is 5.92 Å². The number of rotatable bonds is 4. The summed E-state index contributed by atoms with van der Waals surface area (Å²) >= 11 is 0. The van der Waals surface area contributed by atoms with Gasteiger partial charge in [0.1, 0.15) is 0 Å². The van der Waals surface area contributed by atoms with Gasteiger partial charge in [0.2, 0.25) is 12.3 Å². The molecule has 1 fully saturated rings. The van der Waals surface area contributed by atoms with Crippen LogP contribution in [-0.2, 0) is 9.63 Å². The summed E-state index contributed by atoms with van der Waals surface area (Å²) in [4.78, 5) is 17.5. The lowest BCUT2D eigenvalue weighted by Gasteiger charge is -2.25. The molecule has 0 saturated carbocycles. The zero-order chi connectivity index (χ0) is 15.4. The van der Waals surface area contributed by atoms with Crippen molar-refractivity contribution in [3.05, 3.63) is 35.4 Å². The van der Waals surface area contributed by atoms with E-state index >= 15 is 0 Å². The summed E-state index contributed by atoms with van der Waals surface area (Å²) in [6.07, 6.45) is -2.38. The first-order chi connectivity index (χ1) is 10.0. The minimum atomic E-state index is -2.51. The lowest BCUT2D eigenvalue weighted by atomic mass is 10.0. The number of carbonyl (C=O) groups is 1. The molecule has 2 rings (SSSR count). The molecule has 0 aromatic heterocycles. The maximum Gasteiger partial charge on any atom is 0.249 e. The van der Waals surface area contributed by atoms with Gasteiger partial charge >= 0.3 is 0 Å². The van der Waals surface area contributed by atoms with Crippen LogP contribution < -0.4 is 0 Å². The number of carbonyl (C=O) groups excluding carboxylic acids is 1. The van der Waals surface area contributed by atoms with Gasteiger partial charge in [-0.25, -0.2) is 13.8 Å². The van der Waals surface area contributed by atoms with Crippen molar-refractivity contribution in [1.82, 2.24) is 5.06 Å². The van der Waals surface area contributed by atoms with E-state index in [1.807, 2.05) is 6.07 Å². The number of alkyl halides is 2. The van der Waals surface area contributed by atoms with Crippen molar-refractivity contribution in [2.75, 3.05) is 6.61 Å². The van der Waals surface area contributed by atoms with Gasteiger partial charge in [-0.15, -0.1) is 0 Å². The van der Waals surface area contributed by atoms with Crippen LogP contribution in [0.2, 0.25) is 0 Å². The number of hydrogen-bond acceptors (Lipinski definition) is 3. The van der Waals surface area contributed by atoms with E-state index in [4.69, 9.17) is 10.1 Å². The predicted octanol–water partition coefficient (Wildman–Crippen LogP) is 3.05. The van der Waals surface area contributed by atoms with E-state index in [1.54, 1.807) is 24.3 Å². The van der Waals surface area contributed by atoms with Gasteiger partial charge in [-0.05, 0) is 17.7 Å². The van der Waals surface area contributed by atoms with Crippen molar-refractivity contribution < 1.29 is 18.4 Å². The van der Waals surface area contributed by atoms with Crippen LogP contribution in [0.25, 0.3) is 0 Å². The molecule has 6 heteroatoms. The minimum absolute atomic E-state index is 0.287. The quantitative estimate of drug-likeness (QED) is 0.857. The summed E-state index contributed by atoms with van der Waals surface area (Å²) in [5, 5.41) is 9.98. The Bertz CT molecular complexity index is 540. The zero-order valence-corrected chi connectivity index (χ0v) is 11.6. The molecular formula is C15H16F2N2O2.